The zero-order chi connectivity index (χ0) is 15.0. The van der Waals surface area contributed by atoms with Crippen molar-refractivity contribution < 1.29 is 18.7 Å². The Kier molecular flexibility index (Phi) is 6.97. The molecule has 0 spiro atoms. The van der Waals surface area contributed by atoms with Crippen LogP contribution in [0.25, 0.3) is 0 Å². The van der Waals surface area contributed by atoms with E-state index in [0.29, 0.717) is 18.7 Å². The molecule has 1 atom stereocenters. The topological polar surface area (TPSA) is 73.6 Å². The van der Waals surface area contributed by atoms with Crippen LogP contribution in [0.4, 0.5) is 4.39 Å². The summed E-state index contributed by atoms with van der Waals surface area (Å²) in [6.07, 6.45) is 0.722. The summed E-state index contributed by atoms with van der Waals surface area (Å²) in [6, 6.07) is 4.23. The van der Waals surface area contributed by atoms with Gasteiger partial charge in [-0.15, -0.1) is 0 Å². The third kappa shape index (κ3) is 5.54. The Hall–Kier alpha value is -1.66. The molecule has 20 heavy (non-hydrogen) atoms. The Labute approximate surface area is 118 Å². The number of nitrogens with one attached hydrogen (secondary N) is 1. The lowest BCUT2D eigenvalue weighted by molar-refractivity contribution is -0.123. The maximum atomic E-state index is 13.7. The van der Waals surface area contributed by atoms with E-state index < -0.39 is 5.82 Å². The van der Waals surface area contributed by atoms with Crippen LogP contribution in [-0.2, 0) is 9.53 Å². The fraction of sp³-hybridized carbons (Fsp3) is 0.500. The van der Waals surface area contributed by atoms with Crippen molar-refractivity contribution in [3.63, 3.8) is 0 Å². The van der Waals surface area contributed by atoms with E-state index in [0.717, 1.165) is 6.42 Å². The summed E-state index contributed by atoms with van der Waals surface area (Å²) in [7, 11) is 1.60. The number of carbonyl (C=O) groups is 1. The number of halogens is 1. The Morgan fingerprint density at radius 1 is 1.50 bits per heavy atom. The second-order valence-electron chi connectivity index (χ2n) is 4.46. The minimum absolute atomic E-state index is 0.0430. The molecular formula is C14H21FN2O3. The highest BCUT2D eigenvalue weighted by Gasteiger charge is 2.09. The number of amides is 1. The number of hydrogen-bond acceptors (Lipinski definition) is 4. The van der Waals surface area contributed by atoms with Crippen LogP contribution in [0, 0.1) is 5.82 Å². The van der Waals surface area contributed by atoms with Crippen LogP contribution in [0.3, 0.4) is 0 Å². The maximum Gasteiger partial charge on any atom is 0.257 e. The number of rotatable bonds is 8. The molecule has 0 aromatic heterocycles. The Morgan fingerprint density at radius 3 is 2.85 bits per heavy atom. The monoisotopic (exact) mass is 284 g/mol. The van der Waals surface area contributed by atoms with Crippen molar-refractivity contribution in [3.05, 3.63) is 29.6 Å². The number of benzene rings is 1. The van der Waals surface area contributed by atoms with Crippen LogP contribution < -0.4 is 15.8 Å². The SMILES string of the molecule is COCCCNC(=O)COc1ccc(C(C)N)cc1F. The van der Waals surface area contributed by atoms with Crippen molar-refractivity contribution in [2.24, 2.45) is 5.73 Å². The Morgan fingerprint density at radius 2 is 2.25 bits per heavy atom. The van der Waals surface area contributed by atoms with Crippen molar-refractivity contribution >= 4 is 5.91 Å². The average Bonchev–Trinajstić information content (AvgIpc) is 2.42. The van der Waals surface area contributed by atoms with E-state index in [-0.39, 0.29) is 24.3 Å². The van der Waals surface area contributed by atoms with Crippen molar-refractivity contribution in [2.75, 3.05) is 26.9 Å². The second kappa shape index (κ2) is 8.50. The molecule has 3 N–H and O–H groups in total. The normalized spacial score (nSPS) is 12.0. The predicted molar refractivity (Wildman–Crippen MR) is 74.0 cm³/mol. The van der Waals surface area contributed by atoms with Gasteiger partial charge in [0.05, 0.1) is 0 Å². The molecule has 0 saturated heterocycles. The number of carbonyl (C=O) groups excluding carboxylic acids is 1. The van der Waals surface area contributed by atoms with Crippen molar-refractivity contribution in [2.45, 2.75) is 19.4 Å². The zero-order valence-electron chi connectivity index (χ0n) is 11.8. The van der Waals surface area contributed by atoms with E-state index in [1.807, 2.05) is 0 Å². The summed E-state index contributed by atoms with van der Waals surface area (Å²) in [5.41, 5.74) is 6.33. The highest BCUT2D eigenvalue weighted by Crippen LogP contribution is 2.20. The predicted octanol–water partition coefficient (Wildman–Crippen LogP) is 1.38. The van der Waals surface area contributed by atoms with Crippen LogP contribution in [0.1, 0.15) is 24.9 Å². The minimum atomic E-state index is -0.521. The molecule has 1 aromatic rings. The third-order valence-electron chi connectivity index (χ3n) is 2.69. The van der Waals surface area contributed by atoms with E-state index in [1.165, 1.54) is 12.1 Å². The Bertz CT molecular complexity index is 438. The number of methoxy groups -OCH3 is 1. The number of hydrogen-bond donors (Lipinski definition) is 2. The Balaban J connectivity index is 2.39. The van der Waals surface area contributed by atoms with Gasteiger partial charge in [0.15, 0.2) is 18.2 Å². The molecule has 0 bridgehead atoms. The van der Waals surface area contributed by atoms with Gasteiger partial charge in [0.25, 0.3) is 5.91 Å². The van der Waals surface area contributed by atoms with E-state index in [4.69, 9.17) is 15.2 Å². The van der Waals surface area contributed by atoms with Crippen LogP contribution in [0.5, 0.6) is 5.75 Å². The van der Waals surface area contributed by atoms with Gasteiger partial charge in [-0.2, -0.15) is 0 Å². The van der Waals surface area contributed by atoms with Gasteiger partial charge >= 0.3 is 0 Å². The van der Waals surface area contributed by atoms with Gasteiger partial charge in [0, 0.05) is 26.3 Å². The fourth-order valence-corrected chi connectivity index (χ4v) is 1.56. The molecular weight excluding hydrogens is 263 g/mol. The second-order valence-corrected chi connectivity index (χ2v) is 4.46. The molecule has 1 amide bonds. The first-order chi connectivity index (χ1) is 9.54. The van der Waals surface area contributed by atoms with Crippen molar-refractivity contribution in [1.82, 2.24) is 5.32 Å². The molecule has 112 valence electrons. The molecule has 1 unspecified atom stereocenters. The summed E-state index contributed by atoms with van der Waals surface area (Å²) in [6.45, 7) is 2.63. The lowest BCUT2D eigenvalue weighted by Gasteiger charge is -2.10. The number of nitrogens with two attached hydrogens (primary N) is 1. The first-order valence-corrected chi connectivity index (χ1v) is 6.48. The fourth-order valence-electron chi connectivity index (χ4n) is 1.56. The lowest BCUT2D eigenvalue weighted by Crippen LogP contribution is -2.30. The van der Waals surface area contributed by atoms with Crippen molar-refractivity contribution in [1.29, 1.82) is 0 Å². The molecule has 6 heteroatoms. The molecule has 0 heterocycles. The quantitative estimate of drug-likeness (QED) is 0.707. The van der Waals surface area contributed by atoms with E-state index in [9.17, 15) is 9.18 Å². The first kappa shape index (κ1) is 16.4. The van der Waals surface area contributed by atoms with Crippen molar-refractivity contribution in [3.8, 4) is 5.75 Å². The summed E-state index contributed by atoms with van der Waals surface area (Å²) in [5.74, 6) is -0.773. The molecule has 0 fully saturated rings. The van der Waals surface area contributed by atoms with E-state index >= 15 is 0 Å². The molecule has 0 aliphatic heterocycles. The van der Waals surface area contributed by atoms with Gasteiger partial charge in [-0.25, -0.2) is 4.39 Å². The van der Waals surface area contributed by atoms with Gasteiger partial charge in [0.2, 0.25) is 0 Å². The van der Waals surface area contributed by atoms with Crippen LogP contribution >= 0.6 is 0 Å². The smallest absolute Gasteiger partial charge is 0.257 e. The van der Waals surface area contributed by atoms with Gasteiger partial charge in [-0.05, 0) is 31.0 Å². The van der Waals surface area contributed by atoms with E-state index in [2.05, 4.69) is 5.32 Å². The van der Waals surface area contributed by atoms with Gasteiger partial charge in [0.1, 0.15) is 0 Å². The maximum absolute atomic E-state index is 13.7. The lowest BCUT2D eigenvalue weighted by atomic mass is 10.1. The molecule has 1 aromatic carbocycles. The zero-order valence-corrected chi connectivity index (χ0v) is 11.8. The molecule has 5 nitrogen and oxygen atoms in total. The molecule has 0 aliphatic carbocycles. The third-order valence-corrected chi connectivity index (χ3v) is 2.69. The summed E-state index contributed by atoms with van der Waals surface area (Å²) < 4.78 is 23.7. The van der Waals surface area contributed by atoms with Gasteiger partial charge < -0.3 is 20.5 Å². The summed E-state index contributed by atoms with van der Waals surface area (Å²) >= 11 is 0. The van der Waals surface area contributed by atoms with Crippen LogP contribution in [0.15, 0.2) is 18.2 Å². The number of ether oxygens (including phenoxy) is 2. The molecule has 1 rings (SSSR count). The average molecular weight is 284 g/mol. The highest BCUT2D eigenvalue weighted by atomic mass is 19.1. The minimum Gasteiger partial charge on any atom is -0.481 e. The highest BCUT2D eigenvalue weighted by molar-refractivity contribution is 5.77. The molecule has 0 aliphatic rings. The first-order valence-electron chi connectivity index (χ1n) is 6.48. The van der Waals surface area contributed by atoms with Gasteiger partial charge in [-0.1, -0.05) is 6.07 Å². The molecule has 0 saturated carbocycles. The summed E-state index contributed by atoms with van der Waals surface area (Å²) in [5, 5.41) is 2.65. The van der Waals surface area contributed by atoms with Crippen LogP contribution in [0.2, 0.25) is 0 Å². The van der Waals surface area contributed by atoms with Crippen LogP contribution in [-0.4, -0.2) is 32.8 Å². The largest absolute Gasteiger partial charge is 0.481 e. The molecule has 0 radical (unpaired) electrons. The van der Waals surface area contributed by atoms with Gasteiger partial charge in [-0.3, -0.25) is 4.79 Å². The summed E-state index contributed by atoms with van der Waals surface area (Å²) in [4.78, 5) is 11.4. The standard InChI is InChI=1S/C14H21FN2O3/c1-10(16)11-4-5-13(12(15)8-11)20-9-14(18)17-6-3-7-19-2/h4-5,8,10H,3,6-7,9,16H2,1-2H3,(H,17,18). The van der Waals surface area contributed by atoms with E-state index in [1.54, 1.807) is 20.1 Å².